The number of nitrogens with two attached hydrogens (primary N) is 1. The van der Waals surface area contributed by atoms with Crippen molar-refractivity contribution in [2.24, 2.45) is 5.73 Å². The van der Waals surface area contributed by atoms with Gasteiger partial charge in [-0.3, -0.25) is 4.79 Å². The summed E-state index contributed by atoms with van der Waals surface area (Å²) >= 11 is 5.20. The third kappa shape index (κ3) is 3.29. The van der Waals surface area contributed by atoms with E-state index in [0.29, 0.717) is 18.0 Å². The summed E-state index contributed by atoms with van der Waals surface area (Å²) < 4.78 is 13.0. The summed E-state index contributed by atoms with van der Waals surface area (Å²) in [6.45, 7) is 2.47. The molecule has 0 bridgehead atoms. The fraction of sp³-hybridized carbons (Fsp3) is 0.385. The summed E-state index contributed by atoms with van der Waals surface area (Å²) in [5.41, 5.74) is 5.71. The first-order valence-corrected chi connectivity index (χ1v) is 6.18. The van der Waals surface area contributed by atoms with Crippen LogP contribution in [0.4, 0.5) is 4.39 Å². The lowest BCUT2D eigenvalue weighted by Gasteiger charge is -2.21. The predicted molar refractivity (Wildman–Crippen MR) is 79.1 cm³/mol. The summed E-state index contributed by atoms with van der Waals surface area (Å²) in [6, 6.07) is 6.42. The van der Waals surface area contributed by atoms with Crippen LogP contribution in [0, 0.1) is 5.82 Å². The highest BCUT2D eigenvalue weighted by atomic mass is 35.5. The standard InChI is InChI=1S/C13H15FN2OS.ClH/c1-13(15)11(17)8-16(12(13)18)6-5-9-3-2-4-10(14)7-9;/h2-4,7H,5-6,8,15H2,1H3;1H. The van der Waals surface area contributed by atoms with E-state index in [1.165, 1.54) is 12.1 Å². The van der Waals surface area contributed by atoms with Crippen LogP contribution >= 0.6 is 24.6 Å². The Kier molecular flexibility index (Phi) is 5.01. The van der Waals surface area contributed by atoms with E-state index in [0.717, 1.165) is 5.56 Å². The van der Waals surface area contributed by atoms with Crippen molar-refractivity contribution in [3.63, 3.8) is 0 Å². The second-order valence-electron chi connectivity index (χ2n) is 4.73. The molecule has 0 aromatic heterocycles. The second-order valence-corrected chi connectivity index (χ2v) is 5.12. The number of rotatable bonds is 3. The molecule has 2 rings (SSSR count). The number of thiocarbonyl (C=S) groups is 1. The maximum atomic E-state index is 13.0. The van der Waals surface area contributed by atoms with E-state index in [1.807, 2.05) is 6.07 Å². The van der Waals surface area contributed by atoms with Gasteiger partial charge in [0.25, 0.3) is 0 Å². The van der Waals surface area contributed by atoms with Crippen LogP contribution in [0.2, 0.25) is 0 Å². The van der Waals surface area contributed by atoms with Crippen LogP contribution in [-0.2, 0) is 11.2 Å². The molecule has 104 valence electrons. The molecule has 6 heteroatoms. The quantitative estimate of drug-likeness (QED) is 0.864. The number of halogens is 2. The molecule has 3 nitrogen and oxygen atoms in total. The smallest absolute Gasteiger partial charge is 0.178 e. The first-order chi connectivity index (χ1) is 8.41. The van der Waals surface area contributed by atoms with Crippen LogP contribution in [0.5, 0.6) is 0 Å². The Morgan fingerprint density at radius 3 is 2.74 bits per heavy atom. The van der Waals surface area contributed by atoms with Crippen molar-refractivity contribution in [3.05, 3.63) is 35.6 Å². The summed E-state index contributed by atoms with van der Waals surface area (Å²) in [5.74, 6) is -0.317. The van der Waals surface area contributed by atoms with Crippen LogP contribution < -0.4 is 5.73 Å². The maximum absolute atomic E-state index is 13.0. The first kappa shape index (κ1) is 16.0. The van der Waals surface area contributed by atoms with E-state index >= 15 is 0 Å². The number of benzene rings is 1. The molecule has 0 saturated carbocycles. The minimum Gasteiger partial charge on any atom is -0.356 e. The Morgan fingerprint density at radius 1 is 1.53 bits per heavy atom. The lowest BCUT2D eigenvalue weighted by atomic mass is 10.0. The predicted octanol–water partition coefficient (Wildman–Crippen LogP) is 1.72. The molecule has 0 aliphatic carbocycles. The molecule has 0 spiro atoms. The van der Waals surface area contributed by atoms with Gasteiger partial charge in [0.2, 0.25) is 0 Å². The lowest BCUT2D eigenvalue weighted by molar-refractivity contribution is -0.120. The molecule has 2 N–H and O–H groups in total. The van der Waals surface area contributed by atoms with Crippen LogP contribution in [0.15, 0.2) is 24.3 Å². The van der Waals surface area contributed by atoms with E-state index < -0.39 is 5.54 Å². The number of nitrogens with zero attached hydrogens (tertiary/aromatic N) is 1. The van der Waals surface area contributed by atoms with E-state index in [9.17, 15) is 9.18 Å². The van der Waals surface area contributed by atoms with Crippen molar-refractivity contribution in [1.82, 2.24) is 4.90 Å². The number of ketones is 1. The summed E-state index contributed by atoms with van der Waals surface area (Å²) in [5, 5.41) is 0. The zero-order valence-electron chi connectivity index (χ0n) is 10.6. The normalized spacial score (nSPS) is 22.6. The third-order valence-electron chi connectivity index (χ3n) is 3.20. The third-order valence-corrected chi connectivity index (χ3v) is 3.89. The molecule has 1 heterocycles. The molecule has 1 saturated heterocycles. The van der Waals surface area contributed by atoms with Gasteiger partial charge in [0.1, 0.15) is 16.3 Å². The monoisotopic (exact) mass is 302 g/mol. The number of carbonyl (C=O) groups is 1. The van der Waals surface area contributed by atoms with Crippen molar-refractivity contribution >= 4 is 35.4 Å². The minimum absolute atomic E-state index is 0. The molecular formula is C13H16ClFN2OS. The van der Waals surface area contributed by atoms with Gasteiger partial charge in [-0.05, 0) is 31.0 Å². The van der Waals surface area contributed by atoms with Gasteiger partial charge in [0.15, 0.2) is 5.78 Å². The van der Waals surface area contributed by atoms with E-state index in [1.54, 1.807) is 17.9 Å². The van der Waals surface area contributed by atoms with Crippen molar-refractivity contribution in [1.29, 1.82) is 0 Å². The molecule has 1 aromatic rings. The molecule has 1 aliphatic rings. The molecule has 1 unspecified atom stereocenters. The Labute approximate surface area is 123 Å². The lowest BCUT2D eigenvalue weighted by Crippen LogP contribution is -2.48. The fourth-order valence-corrected chi connectivity index (χ4v) is 2.26. The van der Waals surface area contributed by atoms with Crippen LogP contribution in [0.25, 0.3) is 0 Å². The van der Waals surface area contributed by atoms with Gasteiger partial charge in [0, 0.05) is 6.54 Å². The van der Waals surface area contributed by atoms with E-state index in [2.05, 4.69) is 0 Å². The molecule has 0 radical (unpaired) electrons. The molecule has 19 heavy (non-hydrogen) atoms. The van der Waals surface area contributed by atoms with Crippen LogP contribution in [0.1, 0.15) is 12.5 Å². The molecule has 1 atom stereocenters. The van der Waals surface area contributed by atoms with Crippen molar-refractivity contribution in [2.45, 2.75) is 18.9 Å². The van der Waals surface area contributed by atoms with Gasteiger partial charge in [-0.1, -0.05) is 24.4 Å². The molecule has 1 fully saturated rings. The van der Waals surface area contributed by atoms with Crippen molar-refractivity contribution < 1.29 is 9.18 Å². The minimum atomic E-state index is -1.03. The topological polar surface area (TPSA) is 46.3 Å². The first-order valence-electron chi connectivity index (χ1n) is 5.77. The fourth-order valence-electron chi connectivity index (χ4n) is 1.99. The van der Waals surface area contributed by atoms with Gasteiger partial charge in [-0.15, -0.1) is 12.4 Å². The highest BCUT2D eigenvalue weighted by molar-refractivity contribution is 7.80. The Bertz CT molecular complexity index is 507. The van der Waals surface area contributed by atoms with Gasteiger partial charge < -0.3 is 10.6 Å². The summed E-state index contributed by atoms with van der Waals surface area (Å²) in [6.07, 6.45) is 0.640. The Hall–Kier alpha value is -1.04. The largest absolute Gasteiger partial charge is 0.356 e. The highest BCUT2D eigenvalue weighted by Crippen LogP contribution is 2.18. The second kappa shape index (κ2) is 5.94. The van der Waals surface area contributed by atoms with Crippen molar-refractivity contribution in [2.75, 3.05) is 13.1 Å². The van der Waals surface area contributed by atoms with Gasteiger partial charge >= 0.3 is 0 Å². The number of carbonyl (C=O) groups excluding carboxylic acids is 1. The van der Waals surface area contributed by atoms with Crippen LogP contribution in [-0.4, -0.2) is 34.3 Å². The molecule has 1 aliphatic heterocycles. The van der Waals surface area contributed by atoms with Gasteiger partial charge in [0.05, 0.1) is 6.54 Å². The zero-order chi connectivity index (χ0) is 13.3. The zero-order valence-corrected chi connectivity index (χ0v) is 12.2. The summed E-state index contributed by atoms with van der Waals surface area (Å²) in [4.78, 5) is 13.9. The Balaban J connectivity index is 0.00000180. The number of Topliss-reactive ketones (excluding diaryl/α,β-unsaturated/α-hetero) is 1. The van der Waals surface area contributed by atoms with Gasteiger partial charge in [-0.2, -0.15) is 0 Å². The van der Waals surface area contributed by atoms with Gasteiger partial charge in [-0.25, -0.2) is 4.39 Å². The molecule has 1 aromatic carbocycles. The Morgan fingerprint density at radius 2 is 2.21 bits per heavy atom. The summed E-state index contributed by atoms with van der Waals surface area (Å²) in [7, 11) is 0. The number of hydrogen-bond acceptors (Lipinski definition) is 3. The number of hydrogen-bond donors (Lipinski definition) is 1. The van der Waals surface area contributed by atoms with E-state index in [-0.39, 0.29) is 30.6 Å². The van der Waals surface area contributed by atoms with Crippen molar-refractivity contribution in [3.8, 4) is 0 Å². The highest BCUT2D eigenvalue weighted by Gasteiger charge is 2.43. The SMILES string of the molecule is CC1(N)C(=O)CN(CCc2cccc(F)c2)C1=S.Cl. The average Bonchev–Trinajstić information content (AvgIpc) is 2.50. The average molecular weight is 303 g/mol. The maximum Gasteiger partial charge on any atom is 0.178 e. The number of likely N-dealkylation sites (tertiary alicyclic amines) is 1. The van der Waals surface area contributed by atoms with E-state index in [4.69, 9.17) is 18.0 Å². The molecule has 0 amide bonds. The molecular weight excluding hydrogens is 287 g/mol. The van der Waals surface area contributed by atoms with Crippen LogP contribution in [0.3, 0.4) is 0 Å².